The van der Waals surface area contributed by atoms with Gasteiger partial charge in [0.05, 0.1) is 12.0 Å². The van der Waals surface area contributed by atoms with Crippen LogP contribution in [0.3, 0.4) is 0 Å². The Hall–Kier alpha value is -2.46. The van der Waals surface area contributed by atoms with Crippen LogP contribution in [0.4, 0.5) is 26.3 Å². The van der Waals surface area contributed by atoms with Gasteiger partial charge in [0, 0.05) is 32.2 Å². The topological polar surface area (TPSA) is 65.5 Å². The van der Waals surface area contributed by atoms with Gasteiger partial charge in [-0.05, 0) is 24.3 Å². The van der Waals surface area contributed by atoms with E-state index in [1.807, 2.05) is 0 Å². The maximum atomic E-state index is 12.4. The van der Waals surface area contributed by atoms with Gasteiger partial charge in [-0.2, -0.15) is 26.3 Å². The van der Waals surface area contributed by atoms with Gasteiger partial charge in [-0.15, -0.1) is 0 Å². The lowest BCUT2D eigenvalue weighted by molar-refractivity contribution is -0.137. The van der Waals surface area contributed by atoms with Crippen molar-refractivity contribution in [3.8, 4) is 0 Å². The van der Waals surface area contributed by atoms with Crippen LogP contribution in [0.2, 0.25) is 0 Å². The lowest BCUT2D eigenvalue weighted by Crippen LogP contribution is -2.42. The summed E-state index contributed by atoms with van der Waals surface area (Å²) >= 11 is 0. The van der Waals surface area contributed by atoms with Crippen molar-refractivity contribution in [1.29, 1.82) is 0 Å². The van der Waals surface area contributed by atoms with Crippen LogP contribution in [-0.2, 0) is 6.18 Å². The number of aliphatic imine (C=N–C) groups is 1. The second kappa shape index (κ2) is 9.30. The molecule has 11 heteroatoms. The van der Waals surface area contributed by atoms with Gasteiger partial charge in [0.15, 0.2) is 5.96 Å². The van der Waals surface area contributed by atoms with Crippen LogP contribution in [0.5, 0.6) is 0 Å². The van der Waals surface area contributed by atoms with Gasteiger partial charge in [0.25, 0.3) is 5.91 Å². The van der Waals surface area contributed by atoms with E-state index in [4.69, 9.17) is 0 Å². The Kier molecular flexibility index (Phi) is 7.72. The van der Waals surface area contributed by atoms with Crippen LogP contribution in [-0.4, -0.2) is 44.7 Å². The Morgan fingerprint density at radius 3 is 1.96 bits per heavy atom. The fraction of sp³-hybridized carbons (Fsp3) is 0.467. The van der Waals surface area contributed by atoms with Crippen LogP contribution >= 0.6 is 0 Å². The maximum Gasteiger partial charge on any atom is 0.416 e. The highest BCUT2D eigenvalue weighted by atomic mass is 19.4. The minimum absolute atomic E-state index is 0.0608. The van der Waals surface area contributed by atoms with E-state index in [0.717, 1.165) is 24.3 Å². The van der Waals surface area contributed by atoms with Crippen LogP contribution in [0.1, 0.15) is 22.3 Å². The van der Waals surface area contributed by atoms with Crippen molar-refractivity contribution in [2.24, 2.45) is 4.99 Å². The van der Waals surface area contributed by atoms with Crippen molar-refractivity contribution in [3.05, 3.63) is 35.4 Å². The highest BCUT2D eigenvalue weighted by Crippen LogP contribution is 2.29. The number of benzene rings is 1. The molecule has 3 N–H and O–H groups in total. The standard InChI is InChI=1S/C15H18F6N4O/c1-22-13(24-7-6-14(16,17)18)25-9-8-23-12(26)10-2-4-11(5-3-10)15(19,20)21/h2-5H,6-9H2,1H3,(H,23,26)(H2,22,24,25). The minimum Gasteiger partial charge on any atom is -0.356 e. The molecule has 1 aromatic carbocycles. The largest absolute Gasteiger partial charge is 0.416 e. The molecule has 5 nitrogen and oxygen atoms in total. The van der Waals surface area contributed by atoms with Gasteiger partial charge in [0.1, 0.15) is 0 Å². The average Bonchev–Trinajstić information content (AvgIpc) is 2.55. The summed E-state index contributed by atoms with van der Waals surface area (Å²) in [5.74, 6) is -0.432. The first-order valence-electron chi connectivity index (χ1n) is 7.49. The molecule has 0 atom stereocenters. The quantitative estimate of drug-likeness (QED) is 0.306. The highest BCUT2D eigenvalue weighted by molar-refractivity contribution is 5.94. The number of amides is 1. The number of carbonyl (C=O) groups excluding carboxylic acids is 1. The monoisotopic (exact) mass is 384 g/mol. The molecule has 0 radical (unpaired) electrons. The fourth-order valence-electron chi connectivity index (χ4n) is 1.81. The first-order valence-corrected chi connectivity index (χ1v) is 7.49. The number of rotatable bonds is 6. The van der Waals surface area contributed by atoms with Crippen molar-refractivity contribution >= 4 is 11.9 Å². The predicted octanol–water partition coefficient (Wildman–Crippen LogP) is 2.55. The first-order chi connectivity index (χ1) is 12.0. The molecule has 0 aromatic heterocycles. The third kappa shape index (κ3) is 8.08. The second-order valence-corrected chi connectivity index (χ2v) is 5.12. The molecule has 0 aliphatic rings. The van der Waals surface area contributed by atoms with E-state index >= 15 is 0 Å². The fourth-order valence-corrected chi connectivity index (χ4v) is 1.81. The predicted molar refractivity (Wildman–Crippen MR) is 83.8 cm³/mol. The molecule has 0 saturated heterocycles. The molecule has 0 aliphatic carbocycles. The smallest absolute Gasteiger partial charge is 0.356 e. The molecule has 0 fully saturated rings. The van der Waals surface area contributed by atoms with Crippen LogP contribution in [0, 0.1) is 0 Å². The van der Waals surface area contributed by atoms with Crippen molar-refractivity contribution in [1.82, 2.24) is 16.0 Å². The van der Waals surface area contributed by atoms with Gasteiger partial charge in [-0.3, -0.25) is 9.79 Å². The number of nitrogens with zero attached hydrogens (tertiary/aromatic N) is 1. The third-order valence-electron chi connectivity index (χ3n) is 3.10. The van der Waals surface area contributed by atoms with E-state index in [1.54, 1.807) is 0 Å². The number of alkyl halides is 6. The zero-order valence-corrected chi connectivity index (χ0v) is 13.8. The van der Waals surface area contributed by atoms with Crippen molar-refractivity contribution in [2.45, 2.75) is 18.8 Å². The summed E-state index contributed by atoms with van der Waals surface area (Å²) in [7, 11) is 1.38. The molecule has 26 heavy (non-hydrogen) atoms. The Bertz CT molecular complexity index is 610. The van der Waals surface area contributed by atoms with Crippen molar-refractivity contribution in [3.63, 3.8) is 0 Å². The number of nitrogens with one attached hydrogen (secondary N) is 3. The van der Waals surface area contributed by atoms with Gasteiger partial charge in [0.2, 0.25) is 0 Å². The molecule has 1 rings (SSSR count). The molecule has 0 unspecified atom stereocenters. The van der Waals surface area contributed by atoms with E-state index in [1.165, 1.54) is 7.05 Å². The molecule has 0 spiro atoms. The molecule has 0 heterocycles. The average molecular weight is 384 g/mol. The molecular formula is C15H18F6N4O. The van der Waals surface area contributed by atoms with Gasteiger partial charge in [-0.25, -0.2) is 0 Å². The Morgan fingerprint density at radius 2 is 1.46 bits per heavy atom. The summed E-state index contributed by atoms with van der Waals surface area (Å²) in [6, 6.07) is 3.73. The lowest BCUT2D eigenvalue weighted by atomic mass is 10.1. The van der Waals surface area contributed by atoms with E-state index in [0.29, 0.717) is 0 Å². The maximum absolute atomic E-state index is 12.4. The highest BCUT2D eigenvalue weighted by Gasteiger charge is 2.30. The zero-order chi connectivity index (χ0) is 19.8. The molecule has 0 bridgehead atoms. The summed E-state index contributed by atoms with van der Waals surface area (Å²) in [5.41, 5.74) is -0.796. The normalized spacial score (nSPS) is 12.7. The van der Waals surface area contributed by atoms with Gasteiger partial charge >= 0.3 is 12.4 Å². The summed E-state index contributed by atoms with van der Waals surface area (Å²) in [6.45, 7) is -0.0843. The Labute approximate surface area is 145 Å². The minimum atomic E-state index is -4.48. The number of carbonyl (C=O) groups is 1. The van der Waals surface area contributed by atoms with E-state index in [9.17, 15) is 31.1 Å². The number of guanidine groups is 1. The van der Waals surface area contributed by atoms with Crippen LogP contribution in [0.25, 0.3) is 0 Å². The number of hydrogen-bond acceptors (Lipinski definition) is 2. The van der Waals surface area contributed by atoms with Crippen molar-refractivity contribution < 1.29 is 31.1 Å². The summed E-state index contributed by atoms with van der Waals surface area (Å²) in [6.07, 6.45) is -9.77. The van der Waals surface area contributed by atoms with Crippen molar-refractivity contribution in [2.75, 3.05) is 26.7 Å². The van der Waals surface area contributed by atoms with Crippen LogP contribution < -0.4 is 16.0 Å². The van der Waals surface area contributed by atoms with E-state index in [-0.39, 0.29) is 31.2 Å². The molecule has 0 aliphatic heterocycles. The summed E-state index contributed by atoms with van der Waals surface area (Å²) in [5, 5.41) is 7.64. The number of hydrogen-bond donors (Lipinski definition) is 3. The Balaban J connectivity index is 2.35. The SMILES string of the molecule is CN=C(NCCNC(=O)c1ccc(C(F)(F)F)cc1)NCCC(F)(F)F. The second-order valence-electron chi connectivity index (χ2n) is 5.12. The van der Waals surface area contributed by atoms with E-state index < -0.39 is 30.2 Å². The van der Waals surface area contributed by atoms with Gasteiger partial charge in [-0.1, -0.05) is 0 Å². The zero-order valence-electron chi connectivity index (χ0n) is 13.8. The third-order valence-corrected chi connectivity index (χ3v) is 3.10. The molecule has 1 amide bonds. The molecule has 1 aromatic rings. The lowest BCUT2D eigenvalue weighted by Gasteiger charge is -2.13. The van der Waals surface area contributed by atoms with E-state index in [2.05, 4.69) is 20.9 Å². The van der Waals surface area contributed by atoms with Crippen LogP contribution in [0.15, 0.2) is 29.3 Å². The summed E-state index contributed by atoms with van der Waals surface area (Å²) in [4.78, 5) is 15.5. The Morgan fingerprint density at radius 1 is 0.923 bits per heavy atom. The first kappa shape index (κ1) is 21.6. The molecule has 0 saturated carbocycles. The molecular weight excluding hydrogens is 366 g/mol. The van der Waals surface area contributed by atoms with Gasteiger partial charge < -0.3 is 16.0 Å². The molecule has 146 valence electrons. The summed E-state index contributed by atoms with van der Waals surface area (Å²) < 4.78 is 73.5. The number of halogens is 6.